The highest BCUT2D eigenvalue weighted by Gasteiger charge is 2.32. The molecule has 1 aromatic rings. The lowest BCUT2D eigenvalue weighted by atomic mass is 9.92. The van der Waals surface area contributed by atoms with Crippen LogP contribution in [-0.2, 0) is 10.0 Å². The van der Waals surface area contributed by atoms with Crippen LogP contribution in [0.1, 0.15) is 27.2 Å². The third kappa shape index (κ3) is 4.59. The molecule has 1 rings (SSSR count). The molecule has 0 fully saturated rings. The topological polar surface area (TPSA) is 90.6 Å². The number of benzene rings is 1. The van der Waals surface area contributed by atoms with Gasteiger partial charge in [0.05, 0.1) is 14.2 Å². The van der Waals surface area contributed by atoms with Crippen LogP contribution in [0.5, 0.6) is 11.5 Å². The van der Waals surface area contributed by atoms with Crippen molar-refractivity contribution in [3.05, 3.63) is 18.2 Å². The minimum absolute atomic E-state index is 0.0396. The monoisotopic (exact) mass is 330 g/mol. The summed E-state index contributed by atoms with van der Waals surface area (Å²) in [4.78, 5) is 0.0396. The van der Waals surface area contributed by atoms with E-state index in [-0.39, 0.29) is 17.2 Å². The van der Waals surface area contributed by atoms with Gasteiger partial charge in [-0.05, 0) is 31.4 Å². The van der Waals surface area contributed by atoms with E-state index in [0.717, 1.165) is 0 Å². The van der Waals surface area contributed by atoms with Crippen LogP contribution in [0.15, 0.2) is 23.1 Å². The van der Waals surface area contributed by atoms with Crippen LogP contribution in [0.3, 0.4) is 0 Å². The van der Waals surface area contributed by atoms with Crippen molar-refractivity contribution in [2.75, 3.05) is 20.8 Å². The third-order valence-electron chi connectivity index (χ3n) is 3.35. The molecule has 0 aliphatic carbocycles. The number of nitrogens with one attached hydrogen (secondary N) is 1. The lowest BCUT2D eigenvalue weighted by Crippen LogP contribution is -2.52. The van der Waals surface area contributed by atoms with E-state index in [9.17, 15) is 8.42 Å². The van der Waals surface area contributed by atoms with Crippen molar-refractivity contribution in [1.29, 1.82) is 0 Å². The largest absolute Gasteiger partial charge is 0.497 e. The summed E-state index contributed by atoms with van der Waals surface area (Å²) in [5.74, 6) is 1.01. The van der Waals surface area contributed by atoms with Gasteiger partial charge in [-0.1, -0.05) is 13.8 Å². The van der Waals surface area contributed by atoms with Crippen molar-refractivity contribution >= 4 is 10.0 Å². The molecule has 0 bridgehead atoms. The van der Waals surface area contributed by atoms with E-state index in [2.05, 4.69) is 4.72 Å². The van der Waals surface area contributed by atoms with Crippen molar-refractivity contribution in [3.8, 4) is 11.5 Å². The van der Waals surface area contributed by atoms with Gasteiger partial charge in [-0.25, -0.2) is 13.1 Å². The van der Waals surface area contributed by atoms with E-state index in [1.165, 1.54) is 20.3 Å². The van der Waals surface area contributed by atoms with Gasteiger partial charge in [0.1, 0.15) is 16.4 Å². The zero-order chi connectivity index (χ0) is 17.0. The van der Waals surface area contributed by atoms with Gasteiger partial charge in [0.15, 0.2) is 0 Å². The summed E-state index contributed by atoms with van der Waals surface area (Å²) in [5.41, 5.74) is 5.06. The standard InChI is InChI=1S/C15H26N2O4S/c1-11(2)9-15(3,10-16)17-22(18,19)14-8-12(20-4)6-7-13(14)21-5/h6-8,11,17H,9-10,16H2,1-5H3. The van der Waals surface area contributed by atoms with Crippen LogP contribution in [-0.4, -0.2) is 34.7 Å². The number of rotatable bonds is 8. The third-order valence-corrected chi connectivity index (χ3v) is 5.01. The molecular formula is C15H26N2O4S. The Kier molecular flexibility index (Phi) is 6.22. The second-order valence-corrected chi connectivity index (χ2v) is 7.64. The quantitative estimate of drug-likeness (QED) is 0.758. The normalized spacial score (nSPS) is 14.7. The first kappa shape index (κ1) is 18.7. The summed E-state index contributed by atoms with van der Waals surface area (Å²) in [6.07, 6.45) is 0.634. The maximum atomic E-state index is 12.7. The van der Waals surface area contributed by atoms with E-state index in [4.69, 9.17) is 15.2 Å². The van der Waals surface area contributed by atoms with Crippen molar-refractivity contribution in [2.24, 2.45) is 11.7 Å². The van der Waals surface area contributed by atoms with Crippen molar-refractivity contribution in [1.82, 2.24) is 4.72 Å². The Hall–Kier alpha value is -1.31. The molecule has 6 nitrogen and oxygen atoms in total. The summed E-state index contributed by atoms with van der Waals surface area (Å²) in [6, 6.07) is 4.65. The fourth-order valence-corrected chi connectivity index (χ4v) is 4.05. The van der Waals surface area contributed by atoms with Crippen LogP contribution in [0.2, 0.25) is 0 Å². The molecule has 1 unspecified atom stereocenters. The van der Waals surface area contributed by atoms with E-state index in [1.54, 1.807) is 19.1 Å². The fourth-order valence-electron chi connectivity index (χ4n) is 2.44. The molecule has 0 aliphatic heterocycles. The summed E-state index contributed by atoms with van der Waals surface area (Å²) in [5, 5.41) is 0. The van der Waals surface area contributed by atoms with Gasteiger partial charge in [0.25, 0.3) is 0 Å². The van der Waals surface area contributed by atoms with Gasteiger partial charge in [-0.15, -0.1) is 0 Å². The highest BCUT2D eigenvalue weighted by Crippen LogP contribution is 2.29. The van der Waals surface area contributed by atoms with E-state index in [0.29, 0.717) is 18.1 Å². The van der Waals surface area contributed by atoms with Crippen LogP contribution in [0.25, 0.3) is 0 Å². The summed E-state index contributed by atoms with van der Waals surface area (Å²) in [6.45, 7) is 6.05. The molecule has 0 saturated carbocycles. The van der Waals surface area contributed by atoms with Crippen molar-refractivity contribution in [2.45, 2.75) is 37.6 Å². The average Bonchev–Trinajstić information content (AvgIpc) is 2.45. The second kappa shape index (κ2) is 7.30. The Balaban J connectivity index is 3.23. The molecule has 0 aliphatic rings. The Labute approximate surface area is 133 Å². The molecule has 0 radical (unpaired) electrons. The molecule has 0 aromatic heterocycles. The lowest BCUT2D eigenvalue weighted by molar-refractivity contribution is 0.343. The maximum absolute atomic E-state index is 12.7. The van der Waals surface area contributed by atoms with Gasteiger partial charge >= 0.3 is 0 Å². The lowest BCUT2D eigenvalue weighted by Gasteiger charge is -2.31. The number of nitrogens with two attached hydrogens (primary N) is 1. The predicted molar refractivity (Wildman–Crippen MR) is 86.8 cm³/mol. The molecule has 126 valence electrons. The molecule has 1 aromatic carbocycles. The molecule has 0 spiro atoms. The maximum Gasteiger partial charge on any atom is 0.244 e. The van der Waals surface area contributed by atoms with Gasteiger partial charge < -0.3 is 15.2 Å². The molecule has 0 heterocycles. The smallest absolute Gasteiger partial charge is 0.244 e. The molecular weight excluding hydrogens is 304 g/mol. The summed E-state index contributed by atoms with van der Waals surface area (Å²) >= 11 is 0. The summed E-state index contributed by atoms with van der Waals surface area (Å²) in [7, 11) is -0.878. The van der Waals surface area contributed by atoms with E-state index < -0.39 is 15.6 Å². The van der Waals surface area contributed by atoms with Gasteiger partial charge in [-0.2, -0.15) is 0 Å². The average molecular weight is 330 g/mol. The van der Waals surface area contributed by atoms with Crippen LogP contribution in [0, 0.1) is 5.92 Å². The first-order valence-corrected chi connectivity index (χ1v) is 8.62. The molecule has 22 heavy (non-hydrogen) atoms. The molecule has 1 atom stereocenters. The second-order valence-electron chi connectivity index (χ2n) is 5.99. The number of sulfonamides is 1. The molecule has 0 amide bonds. The van der Waals surface area contributed by atoms with E-state index in [1.807, 2.05) is 13.8 Å². The predicted octanol–water partition coefficient (Wildman–Crippen LogP) is 1.75. The van der Waals surface area contributed by atoms with Crippen molar-refractivity contribution < 1.29 is 17.9 Å². The van der Waals surface area contributed by atoms with Crippen molar-refractivity contribution in [3.63, 3.8) is 0 Å². The zero-order valence-electron chi connectivity index (χ0n) is 13.8. The van der Waals surface area contributed by atoms with Gasteiger partial charge in [0, 0.05) is 18.2 Å². The molecule has 7 heteroatoms. The first-order valence-electron chi connectivity index (χ1n) is 7.13. The summed E-state index contributed by atoms with van der Waals surface area (Å²) < 4.78 is 38.4. The Bertz CT molecular complexity index is 602. The van der Waals surface area contributed by atoms with E-state index >= 15 is 0 Å². The minimum atomic E-state index is -3.79. The highest BCUT2D eigenvalue weighted by molar-refractivity contribution is 7.89. The number of ether oxygens (including phenoxy) is 2. The van der Waals surface area contributed by atoms with Crippen LogP contribution in [0.4, 0.5) is 0 Å². The number of hydrogen-bond acceptors (Lipinski definition) is 5. The van der Waals surface area contributed by atoms with Gasteiger partial charge in [-0.3, -0.25) is 0 Å². The number of hydrogen-bond donors (Lipinski definition) is 2. The molecule has 0 saturated heterocycles. The number of methoxy groups -OCH3 is 2. The zero-order valence-corrected chi connectivity index (χ0v) is 14.7. The Morgan fingerprint density at radius 1 is 1.27 bits per heavy atom. The first-order chi connectivity index (χ1) is 10.2. The SMILES string of the molecule is COc1ccc(OC)c(S(=O)(=O)NC(C)(CN)CC(C)C)c1. The van der Waals surface area contributed by atoms with Crippen LogP contribution >= 0.6 is 0 Å². The molecule has 3 N–H and O–H groups in total. The minimum Gasteiger partial charge on any atom is -0.497 e. The van der Waals surface area contributed by atoms with Crippen LogP contribution < -0.4 is 19.9 Å². The van der Waals surface area contributed by atoms with Gasteiger partial charge in [0.2, 0.25) is 10.0 Å². The highest BCUT2D eigenvalue weighted by atomic mass is 32.2. The Morgan fingerprint density at radius 2 is 1.91 bits per heavy atom. The Morgan fingerprint density at radius 3 is 2.36 bits per heavy atom. The fraction of sp³-hybridized carbons (Fsp3) is 0.600.